The lowest BCUT2D eigenvalue weighted by Crippen LogP contribution is -2.22. The summed E-state index contributed by atoms with van der Waals surface area (Å²) in [6.45, 7) is -0.878. The molecule has 0 radical (unpaired) electrons. The van der Waals surface area contributed by atoms with Gasteiger partial charge in [0.1, 0.15) is 5.56 Å². The van der Waals surface area contributed by atoms with Crippen LogP contribution >= 0.6 is 0 Å². The fraction of sp³-hybridized carbons (Fsp3) is 0.375. The topological polar surface area (TPSA) is 68.4 Å². The lowest BCUT2D eigenvalue weighted by Gasteiger charge is -2.16. The Kier molecular flexibility index (Phi) is 3.60. The molecule has 0 spiro atoms. The average molecular weight is 276 g/mol. The van der Waals surface area contributed by atoms with E-state index in [2.05, 4.69) is 9.72 Å². The second kappa shape index (κ2) is 4.52. The van der Waals surface area contributed by atoms with Gasteiger partial charge in [-0.2, -0.15) is 13.2 Å². The summed E-state index contributed by atoms with van der Waals surface area (Å²) in [7, 11) is 0. The maximum Gasteiger partial charge on any atom is 0.574 e. The molecule has 1 aromatic rings. The summed E-state index contributed by atoms with van der Waals surface area (Å²) < 4.78 is 76.5. The van der Waals surface area contributed by atoms with Crippen LogP contribution in [0.15, 0.2) is 6.07 Å². The molecule has 0 atom stereocenters. The standard InChI is InChI=1S/C8H6F6N2O2/c9-7(10,11)5-4(15)1-3(2-17)16-6(5)18-8(12,13)14/h1,17H,2H2,(H2,15,16). The number of pyridine rings is 1. The van der Waals surface area contributed by atoms with Crippen molar-refractivity contribution in [3.05, 3.63) is 17.3 Å². The minimum Gasteiger partial charge on any atom is -0.398 e. The van der Waals surface area contributed by atoms with Crippen molar-refractivity contribution in [2.24, 2.45) is 0 Å². The molecule has 1 aromatic heterocycles. The smallest absolute Gasteiger partial charge is 0.398 e. The normalized spacial score (nSPS) is 12.6. The molecule has 0 bridgehead atoms. The zero-order chi connectivity index (χ0) is 14.1. The molecule has 10 heteroatoms. The molecule has 0 aliphatic carbocycles. The van der Waals surface area contributed by atoms with Crippen molar-refractivity contribution in [2.45, 2.75) is 19.1 Å². The summed E-state index contributed by atoms with van der Waals surface area (Å²) in [6.07, 6.45) is -10.5. The first kappa shape index (κ1) is 14.4. The van der Waals surface area contributed by atoms with Crippen molar-refractivity contribution >= 4 is 5.69 Å². The van der Waals surface area contributed by atoms with E-state index in [4.69, 9.17) is 10.8 Å². The Hall–Kier alpha value is -1.71. The summed E-state index contributed by atoms with van der Waals surface area (Å²) in [5.41, 5.74) is 1.66. The summed E-state index contributed by atoms with van der Waals surface area (Å²) >= 11 is 0. The zero-order valence-corrected chi connectivity index (χ0v) is 8.43. The van der Waals surface area contributed by atoms with Crippen molar-refractivity contribution < 1.29 is 36.2 Å². The Labute approximate surface area is 96.0 Å². The molecule has 0 unspecified atom stereocenters. The molecule has 3 N–H and O–H groups in total. The monoisotopic (exact) mass is 276 g/mol. The molecular weight excluding hydrogens is 270 g/mol. The van der Waals surface area contributed by atoms with E-state index in [9.17, 15) is 26.3 Å². The largest absolute Gasteiger partial charge is 0.574 e. The second-order valence-electron chi connectivity index (χ2n) is 3.09. The lowest BCUT2D eigenvalue weighted by molar-refractivity contribution is -0.277. The van der Waals surface area contributed by atoms with E-state index in [0.717, 1.165) is 0 Å². The molecule has 0 fully saturated rings. The summed E-state index contributed by atoms with van der Waals surface area (Å²) in [5.74, 6) is -1.74. The van der Waals surface area contributed by atoms with Crippen molar-refractivity contribution in [3.8, 4) is 5.88 Å². The molecule has 18 heavy (non-hydrogen) atoms. The average Bonchev–Trinajstić information content (AvgIpc) is 2.11. The van der Waals surface area contributed by atoms with Crippen molar-refractivity contribution in [2.75, 3.05) is 5.73 Å². The molecule has 0 saturated heterocycles. The van der Waals surface area contributed by atoms with Crippen LogP contribution in [0.1, 0.15) is 11.3 Å². The van der Waals surface area contributed by atoms with Crippen LogP contribution in [0, 0.1) is 0 Å². The Morgan fingerprint density at radius 2 is 1.78 bits per heavy atom. The van der Waals surface area contributed by atoms with E-state index in [-0.39, 0.29) is 0 Å². The molecule has 0 aliphatic heterocycles. The maximum absolute atomic E-state index is 12.5. The number of nitrogens with two attached hydrogens (primary N) is 1. The van der Waals surface area contributed by atoms with Crippen LogP contribution in [0.25, 0.3) is 0 Å². The van der Waals surface area contributed by atoms with Gasteiger partial charge < -0.3 is 15.6 Å². The number of nitrogen functional groups attached to an aromatic ring is 1. The Morgan fingerprint density at radius 1 is 1.22 bits per heavy atom. The van der Waals surface area contributed by atoms with Crippen LogP contribution in [-0.4, -0.2) is 16.5 Å². The number of rotatable bonds is 2. The SMILES string of the molecule is Nc1cc(CO)nc(OC(F)(F)F)c1C(F)(F)F. The van der Waals surface area contributed by atoms with Crippen molar-refractivity contribution in [1.82, 2.24) is 4.98 Å². The van der Waals surface area contributed by atoms with Crippen LogP contribution in [-0.2, 0) is 12.8 Å². The first-order chi connectivity index (χ1) is 8.04. The molecule has 102 valence electrons. The fourth-order valence-corrected chi connectivity index (χ4v) is 1.14. The Bertz CT molecular complexity index is 442. The third-order valence-electron chi connectivity index (χ3n) is 1.73. The van der Waals surface area contributed by atoms with Crippen LogP contribution in [0.2, 0.25) is 0 Å². The number of nitrogens with zero attached hydrogens (tertiary/aromatic N) is 1. The molecule has 0 aromatic carbocycles. The molecule has 1 heterocycles. The molecular formula is C8H6F6N2O2. The predicted octanol–water partition coefficient (Wildman–Crippen LogP) is 2.07. The quantitative estimate of drug-likeness (QED) is 0.811. The van der Waals surface area contributed by atoms with Crippen LogP contribution in [0.5, 0.6) is 5.88 Å². The number of hydrogen-bond donors (Lipinski definition) is 2. The minimum atomic E-state index is -5.35. The van der Waals surface area contributed by atoms with Crippen molar-refractivity contribution in [1.29, 1.82) is 0 Å². The van der Waals surface area contributed by atoms with E-state index in [1.807, 2.05) is 0 Å². The maximum atomic E-state index is 12.5. The third kappa shape index (κ3) is 3.39. The highest BCUT2D eigenvalue weighted by Gasteiger charge is 2.42. The van der Waals surface area contributed by atoms with Gasteiger partial charge >= 0.3 is 12.5 Å². The van der Waals surface area contributed by atoms with Crippen LogP contribution in [0.4, 0.5) is 32.0 Å². The van der Waals surface area contributed by atoms with Gasteiger partial charge in [0, 0.05) is 0 Å². The van der Waals surface area contributed by atoms with Crippen molar-refractivity contribution in [3.63, 3.8) is 0 Å². The lowest BCUT2D eigenvalue weighted by atomic mass is 10.2. The highest BCUT2D eigenvalue weighted by Crippen LogP contribution is 2.41. The van der Waals surface area contributed by atoms with E-state index in [0.29, 0.717) is 6.07 Å². The Balaban J connectivity index is 3.39. The van der Waals surface area contributed by atoms with Crippen LogP contribution in [0.3, 0.4) is 0 Å². The predicted molar refractivity (Wildman–Crippen MR) is 46.3 cm³/mol. The number of hydrogen-bond acceptors (Lipinski definition) is 4. The minimum absolute atomic E-state index is 0.472. The molecule has 0 saturated carbocycles. The van der Waals surface area contributed by atoms with Gasteiger partial charge in [-0.05, 0) is 6.07 Å². The molecule has 4 nitrogen and oxygen atoms in total. The van der Waals surface area contributed by atoms with Gasteiger partial charge in [-0.25, -0.2) is 4.98 Å². The molecule has 1 rings (SSSR count). The van der Waals surface area contributed by atoms with E-state index in [1.54, 1.807) is 0 Å². The first-order valence-corrected chi connectivity index (χ1v) is 4.28. The summed E-state index contributed by atoms with van der Waals surface area (Å²) in [6, 6.07) is 0.617. The second-order valence-corrected chi connectivity index (χ2v) is 3.09. The highest BCUT2D eigenvalue weighted by molar-refractivity contribution is 5.54. The Morgan fingerprint density at radius 3 is 2.17 bits per heavy atom. The van der Waals surface area contributed by atoms with Gasteiger partial charge in [-0.15, -0.1) is 13.2 Å². The summed E-state index contributed by atoms with van der Waals surface area (Å²) in [5, 5.41) is 8.64. The van der Waals surface area contributed by atoms with Gasteiger partial charge in [-0.1, -0.05) is 0 Å². The number of aliphatic hydroxyl groups is 1. The van der Waals surface area contributed by atoms with E-state index in [1.165, 1.54) is 0 Å². The highest BCUT2D eigenvalue weighted by atomic mass is 19.4. The summed E-state index contributed by atoms with van der Waals surface area (Å²) in [4.78, 5) is 2.91. The van der Waals surface area contributed by atoms with Gasteiger partial charge in [0.25, 0.3) is 0 Å². The molecule has 0 amide bonds. The fourth-order valence-electron chi connectivity index (χ4n) is 1.14. The van der Waals surface area contributed by atoms with Gasteiger partial charge in [0.15, 0.2) is 0 Å². The zero-order valence-electron chi connectivity index (χ0n) is 8.43. The number of aromatic nitrogens is 1. The molecule has 0 aliphatic rings. The third-order valence-corrected chi connectivity index (χ3v) is 1.73. The number of anilines is 1. The van der Waals surface area contributed by atoms with Gasteiger partial charge in [-0.3, -0.25) is 0 Å². The van der Waals surface area contributed by atoms with Gasteiger partial charge in [0.05, 0.1) is 18.0 Å². The number of alkyl halides is 6. The van der Waals surface area contributed by atoms with Crippen LogP contribution < -0.4 is 10.5 Å². The van der Waals surface area contributed by atoms with E-state index >= 15 is 0 Å². The first-order valence-electron chi connectivity index (χ1n) is 4.28. The van der Waals surface area contributed by atoms with E-state index < -0.39 is 42.0 Å². The van der Waals surface area contributed by atoms with Gasteiger partial charge in [0.2, 0.25) is 5.88 Å². The number of aliphatic hydroxyl groups excluding tert-OH is 1. The number of halogens is 6. The number of ether oxygens (including phenoxy) is 1.